The molecule has 0 saturated carbocycles. The molecule has 0 amide bonds. The molecule has 0 atom stereocenters. The van der Waals surface area contributed by atoms with Gasteiger partial charge in [0.05, 0.1) is 9.90 Å². The van der Waals surface area contributed by atoms with Crippen molar-refractivity contribution in [1.82, 2.24) is 0 Å². The number of carbonyl (C=O) groups excluding carboxylic acids is 1. The van der Waals surface area contributed by atoms with Crippen LogP contribution in [0, 0.1) is 6.92 Å². The molecular weight excluding hydrogens is 268 g/mol. The van der Waals surface area contributed by atoms with Crippen LogP contribution in [0.15, 0.2) is 30.3 Å². The number of ketones is 1. The molecule has 2 rings (SSSR count). The summed E-state index contributed by atoms with van der Waals surface area (Å²) in [6.45, 7) is 3.93. The van der Waals surface area contributed by atoms with Crippen LogP contribution in [0.25, 0.3) is 0 Å². The Morgan fingerprint density at radius 1 is 1.33 bits per heavy atom. The van der Waals surface area contributed by atoms with Crippen LogP contribution in [0.3, 0.4) is 0 Å². The molecule has 2 aromatic rings. The molecule has 4 heteroatoms. The van der Waals surface area contributed by atoms with Gasteiger partial charge in [0.1, 0.15) is 12.4 Å². The SMILES string of the molecule is CC(=O)c1cc(C)ccc1OCc1ccc(Cl)s1. The van der Waals surface area contributed by atoms with Crippen molar-refractivity contribution in [2.24, 2.45) is 0 Å². The summed E-state index contributed by atoms with van der Waals surface area (Å²) in [4.78, 5) is 12.6. The van der Waals surface area contributed by atoms with Crippen molar-refractivity contribution in [2.75, 3.05) is 0 Å². The minimum atomic E-state index is 0.0120. The van der Waals surface area contributed by atoms with E-state index in [-0.39, 0.29) is 5.78 Å². The highest BCUT2D eigenvalue weighted by Crippen LogP contribution is 2.25. The number of hydrogen-bond acceptors (Lipinski definition) is 3. The molecule has 0 saturated heterocycles. The van der Waals surface area contributed by atoms with E-state index in [9.17, 15) is 4.79 Å². The largest absolute Gasteiger partial charge is 0.487 e. The number of halogens is 1. The van der Waals surface area contributed by atoms with Gasteiger partial charge in [0.2, 0.25) is 0 Å². The zero-order valence-electron chi connectivity index (χ0n) is 10.2. The number of ether oxygens (including phenoxy) is 1. The number of benzene rings is 1. The van der Waals surface area contributed by atoms with Crippen LogP contribution in [0.4, 0.5) is 0 Å². The third-order valence-electron chi connectivity index (χ3n) is 2.51. The highest BCUT2D eigenvalue weighted by Gasteiger charge is 2.09. The summed E-state index contributed by atoms with van der Waals surface area (Å²) in [5, 5.41) is 0. The Balaban J connectivity index is 2.16. The maximum absolute atomic E-state index is 11.5. The fourth-order valence-electron chi connectivity index (χ4n) is 1.62. The van der Waals surface area contributed by atoms with E-state index < -0.39 is 0 Å². The van der Waals surface area contributed by atoms with Gasteiger partial charge < -0.3 is 4.74 Å². The molecule has 1 aromatic heterocycles. The van der Waals surface area contributed by atoms with E-state index in [2.05, 4.69) is 0 Å². The highest BCUT2D eigenvalue weighted by molar-refractivity contribution is 7.16. The zero-order valence-corrected chi connectivity index (χ0v) is 11.8. The molecule has 94 valence electrons. The van der Waals surface area contributed by atoms with Gasteiger partial charge in [-0.1, -0.05) is 23.2 Å². The van der Waals surface area contributed by atoms with Gasteiger partial charge in [-0.25, -0.2) is 0 Å². The Kier molecular flexibility index (Phi) is 4.04. The van der Waals surface area contributed by atoms with Gasteiger partial charge >= 0.3 is 0 Å². The molecule has 0 spiro atoms. The molecule has 0 N–H and O–H groups in total. The van der Waals surface area contributed by atoms with Crippen molar-refractivity contribution in [3.8, 4) is 5.75 Å². The lowest BCUT2D eigenvalue weighted by atomic mass is 10.1. The molecule has 0 aliphatic carbocycles. The lowest BCUT2D eigenvalue weighted by molar-refractivity contribution is 0.101. The van der Waals surface area contributed by atoms with Gasteiger partial charge in [-0.3, -0.25) is 4.79 Å². The summed E-state index contributed by atoms with van der Waals surface area (Å²) in [6, 6.07) is 9.38. The first-order valence-electron chi connectivity index (χ1n) is 5.55. The molecule has 18 heavy (non-hydrogen) atoms. The van der Waals surface area contributed by atoms with Crippen LogP contribution in [-0.2, 0) is 6.61 Å². The van der Waals surface area contributed by atoms with Crippen molar-refractivity contribution >= 4 is 28.7 Å². The molecule has 0 unspecified atom stereocenters. The average molecular weight is 281 g/mol. The smallest absolute Gasteiger partial charge is 0.163 e. The maximum Gasteiger partial charge on any atom is 0.163 e. The fourth-order valence-corrected chi connectivity index (χ4v) is 2.62. The average Bonchev–Trinajstić information content (AvgIpc) is 2.73. The number of hydrogen-bond donors (Lipinski definition) is 0. The normalized spacial score (nSPS) is 10.4. The van der Waals surface area contributed by atoms with E-state index in [4.69, 9.17) is 16.3 Å². The first kappa shape index (κ1) is 13.1. The molecule has 2 nitrogen and oxygen atoms in total. The Morgan fingerprint density at radius 2 is 2.11 bits per heavy atom. The Labute approximate surface area is 115 Å². The molecule has 0 aliphatic rings. The van der Waals surface area contributed by atoms with Crippen molar-refractivity contribution < 1.29 is 9.53 Å². The van der Waals surface area contributed by atoms with Crippen LogP contribution in [0.5, 0.6) is 5.75 Å². The van der Waals surface area contributed by atoms with Crippen LogP contribution in [0.2, 0.25) is 4.34 Å². The summed E-state index contributed by atoms with van der Waals surface area (Å²) in [6.07, 6.45) is 0. The van der Waals surface area contributed by atoms with Gasteiger partial charge in [0, 0.05) is 4.88 Å². The third-order valence-corrected chi connectivity index (χ3v) is 3.72. The second-order valence-electron chi connectivity index (χ2n) is 4.05. The van der Waals surface area contributed by atoms with Gasteiger partial charge in [-0.15, -0.1) is 11.3 Å². The molecular formula is C14H13ClO2S. The predicted molar refractivity (Wildman–Crippen MR) is 74.8 cm³/mol. The van der Waals surface area contributed by atoms with Gasteiger partial charge in [-0.2, -0.15) is 0 Å². The monoisotopic (exact) mass is 280 g/mol. The minimum Gasteiger partial charge on any atom is -0.487 e. The van der Waals surface area contributed by atoms with Crippen molar-refractivity contribution in [3.63, 3.8) is 0 Å². The zero-order chi connectivity index (χ0) is 13.1. The summed E-state index contributed by atoms with van der Waals surface area (Å²) >= 11 is 7.33. The molecule has 1 heterocycles. The van der Waals surface area contributed by atoms with Crippen LogP contribution < -0.4 is 4.74 Å². The minimum absolute atomic E-state index is 0.0120. The summed E-state index contributed by atoms with van der Waals surface area (Å²) in [5.74, 6) is 0.635. The molecule has 1 aromatic carbocycles. The Bertz CT molecular complexity index is 575. The van der Waals surface area contributed by atoms with E-state index in [1.807, 2.05) is 37.3 Å². The molecule has 0 bridgehead atoms. The predicted octanol–water partition coefficient (Wildman–Crippen LogP) is 4.49. The fraction of sp³-hybridized carbons (Fsp3) is 0.214. The summed E-state index contributed by atoms with van der Waals surface area (Å²) in [5.41, 5.74) is 1.67. The molecule has 0 fully saturated rings. The molecule has 0 aliphatic heterocycles. The topological polar surface area (TPSA) is 26.3 Å². The number of rotatable bonds is 4. The Morgan fingerprint density at radius 3 is 2.72 bits per heavy atom. The van der Waals surface area contributed by atoms with Crippen molar-refractivity contribution in [1.29, 1.82) is 0 Å². The quantitative estimate of drug-likeness (QED) is 0.771. The third kappa shape index (κ3) is 3.12. The van der Waals surface area contributed by atoms with Gasteiger partial charge in [0.25, 0.3) is 0 Å². The van der Waals surface area contributed by atoms with Crippen LogP contribution in [0.1, 0.15) is 27.7 Å². The highest BCUT2D eigenvalue weighted by atomic mass is 35.5. The van der Waals surface area contributed by atoms with E-state index in [0.717, 1.165) is 14.8 Å². The Hall–Kier alpha value is -1.32. The van der Waals surface area contributed by atoms with E-state index in [1.54, 1.807) is 6.92 Å². The summed E-state index contributed by atoms with van der Waals surface area (Å²) < 4.78 is 6.42. The second-order valence-corrected chi connectivity index (χ2v) is 5.85. The number of carbonyl (C=O) groups is 1. The van der Waals surface area contributed by atoms with Gasteiger partial charge in [0.15, 0.2) is 5.78 Å². The van der Waals surface area contributed by atoms with E-state index in [1.165, 1.54) is 11.3 Å². The first-order chi connectivity index (χ1) is 8.56. The van der Waals surface area contributed by atoms with Crippen molar-refractivity contribution in [2.45, 2.75) is 20.5 Å². The van der Waals surface area contributed by atoms with Crippen molar-refractivity contribution in [3.05, 3.63) is 50.7 Å². The summed E-state index contributed by atoms with van der Waals surface area (Å²) in [7, 11) is 0. The van der Waals surface area contributed by atoms with Gasteiger partial charge in [-0.05, 0) is 38.1 Å². The lowest BCUT2D eigenvalue weighted by Crippen LogP contribution is -2.01. The number of thiophene rings is 1. The van der Waals surface area contributed by atoms with Crippen LogP contribution >= 0.6 is 22.9 Å². The standard InChI is InChI=1S/C14H13ClO2S/c1-9-3-5-13(12(7-9)10(2)16)17-8-11-4-6-14(15)18-11/h3-7H,8H2,1-2H3. The number of aryl methyl sites for hydroxylation is 1. The van der Waals surface area contributed by atoms with E-state index >= 15 is 0 Å². The van der Waals surface area contributed by atoms with E-state index in [0.29, 0.717) is 17.9 Å². The van der Waals surface area contributed by atoms with Crippen LogP contribution in [-0.4, -0.2) is 5.78 Å². The number of Topliss-reactive ketones (excluding diaryl/α,β-unsaturated/α-hetero) is 1. The second kappa shape index (κ2) is 5.55. The maximum atomic E-state index is 11.5. The first-order valence-corrected chi connectivity index (χ1v) is 6.74. The molecule has 0 radical (unpaired) electrons. The lowest BCUT2D eigenvalue weighted by Gasteiger charge is -2.09.